The molecule has 0 bridgehead atoms. The first-order valence-corrected chi connectivity index (χ1v) is 12.0. The molecule has 3 heterocycles. The molecule has 0 saturated carbocycles. The summed E-state index contributed by atoms with van der Waals surface area (Å²) in [5, 5.41) is 0.255. The van der Waals surface area contributed by atoms with E-state index in [1.807, 2.05) is 42.5 Å². The molecule has 1 unspecified atom stereocenters. The summed E-state index contributed by atoms with van der Waals surface area (Å²) in [4.78, 5) is 50.5. The van der Waals surface area contributed by atoms with E-state index >= 15 is 0 Å². The number of aromatic nitrogens is 2. The van der Waals surface area contributed by atoms with E-state index in [0.717, 1.165) is 22.4 Å². The summed E-state index contributed by atoms with van der Waals surface area (Å²) in [7, 11) is 1.20. The molecule has 1 aromatic heterocycles. The normalized spacial score (nSPS) is 16.2. The van der Waals surface area contributed by atoms with Gasteiger partial charge in [-0.2, -0.15) is 0 Å². The average molecular weight is 510 g/mol. The number of rotatable bonds is 3. The molecule has 1 amide bonds. The van der Waals surface area contributed by atoms with Crippen LogP contribution in [0.25, 0.3) is 10.9 Å². The number of aliphatic imine (C=N–C) groups is 1. The lowest BCUT2D eigenvalue weighted by Crippen LogP contribution is -2.39. The summed E-state index contributed by atoms with van der Waals surface area (Å²) in [6.45, 7) is 2.10. The molecule has 10 nitrogen and oxygen atoms in total. The fraction of sp³-hybridized carbons (Fsp3) is 0.179. The van der Waals surface area contributed by atoms with Crippen molar-refractivity contribution in [3.63, 3.8) is 0 Å². The second kappa shape index (κ2) is 8.84. The third-order valence-corrected chi connectivity index (χ3v) is 6.79. The van der Waals surface area contributed by atoms with Crippen molar-refractivity contribution in [2.24, 2.45) is 4.99 Å². The van der Waals surface area contributed by atoms with Crippen LogP contribution in [0.2, 0.25) is 0 Å². The molecule has 190 valence electrons. The predicted molar refractivity (Wildman–Crippen MR) is 142 cm³/mol. The highest BCUT2D eigenvalue weighted by molar-refractivity contribution is 6.21. The predicted octanol–water partition coefficient (Wildman–Crippen LogP) is 3.37. The van der Waals surface area contributed by atoms with Gasteiger partial charge in [-0.1, -0.05) is 30.3 Å². The molecule has 0 aliphatic carbocycles. The van der Waals surface area contributed by atoms with Crippen LogP contribution >= 0.6 is 0 Å². The van der Waals surface area contributed by atoms with Crippen LogP contribution in [0.3, 0.4) is 0 Å². The monoisotopic (exact) mass is 509 g/mol. The number of nitrogens with zero attached hydrogens (tertiary/aromatic N) is 4. The Morgan fingerprint density at radius 2 is 1.87 bits per heavy atom. The van der Waals surface area contributed by atoms with Crippen LogP contribution in [0, 0.1) is 6.92 Å². The third kappa shape index (κ3) is 3.69. The summed E-state index contributed by atoms with van der Waals surface area (Å²) >= 11 is 0. The zero-order valence-electron chi connectivity index (χ0n) is 20.7. The molecule has 0 radical (unpaired) electrons. The van der Waals surface area contributed by atoms with Gasteiger partial charge in [-0.25, -0.2) is 14.8 Å². The Morgan fingerprint density at radius 3 is 2.63 bits per heavy atom. The summed E-state index contributed by atoms with van der Waals surface area (Å²) in [6, 6.07) is 17.7. The van der Waals surface area contributed by atoms with E-state index < -0.39 is 17.9 Å². The van der Waals surface area contributed by atoms with Crippen molar-refractivity contribution < 1.29 is 19.1 Å². The van der Waals surface area contributed by atoms with Gasteiger partial charge in [0.2, 0.25) is 6.17 Å². The van der Waals surface area contributed by atoms with E-state index in [1.54, 1.807) is 11.8 Å². The fourth-order valence-corrected chi connectivity index (χ4v) is 5.13. The molecule has 38 heavy (non-hydrogen) atoms. The number of methoxy groups -OCH3 is 1. The minimum Gasteiger partial charge on any atom is -0.437 e. The maximum absolute atomic E-state index is 14.0. The van der Waals surface area contributed by atoms with Crippen LogP contribution in [0.4, 0.5) is 16.2 Å². The number of hydrogen-bond acceptors (Lipinski definition) is 8. The van der Waals surface area contributed by atoms with Gasteiger partial charge in [0, 0.05) is 29.4 Å². The SMILES string of the molecule is COC(=O)Oc1ccc2c(=O)n(C3N=C(c4ccccc4)c4cc(N)cc5c4N(CC5)C3=O)c(C)nc2c1. The second-order valence-electron chi connectivity index (χ2n) is 9.10. The van der Waals surface area contributed by atoms with Gasteiger partial charge < -0.3 is 20.1 Å². The van der Waals surface area contributed by atoms with Crippen molar-refractivity contribution in [2.75, 3.05) is 24.3 Å². The van der Waals surface area contributed by atoms with Crippen LogP contribution in [0.15, 0.2) is 70.5 Å². The molecular weight excluding hydrogens is 486 g/mol. The number of ether oxygens (including phenoxy) is 2. The first kappa shape index (κ1) is 23.4. The van der Waals surface area contributed by atoms with Gasteiger partial charge in [0.05, 0.1) is 29.4 Å². The molecule has 10 heteroatoms. The van der Waals surface area contributed by atoms with E-state index in [-0.39, 0.29) is 22.9 Å². The third-order valence-electron chi connectivity index (χ3n) is 6.79. The topological polar surface area (TPSA) is 129 Å². The molecule has 4 aromatic rings. The van der Waals surface area contributed by atoms with Crippen LogP contribution < -0.4 is 20.9 Å². The maximum atomic E-state index is 14.0. The number of aryl methyl sites for hydroxylation is 1. The molecule has 1 atom stereocenters. The molecule has 2 aliphatic heterocycles. The lowest BCUT2D eigenvalue weighted by atomic mass is 9.97. The Kier molecular flexibility index (Phi) is 5.45. The molecule has 2 N–H and O–H groups in total. The van der Waals surface area contributed by atoms with Gasteiger partial charge in [-0.3, -0.25) is 14.2 Å². The summed E-state index contributed by atoms with van der Waals surface area (Å²) in [5.74, 6) is 0.149. The van der Waals surface area contributed by atoms with Gasteiger partial charge in [-0.15, -0.1) is 0 Å². The molecule has 2 aliphatic rings. The van der Waals surface area contributed by atoms with Crippen LogP contribution in [-0.4, -0.2) is 41.0 Å². The Bertz CT molecular complexity index is 1730. The molecule has 6 rings (SSSR count). The lowest BCUT2D eigenvalue weighted by Gasteiger charge is -2.23. The van der Waals surface area contributed by atoms with Crippen LogP contribution in [-0.2, 0) is 16.0 Å². The van der Waals surface area contributed by atoms with Crippen molar-refractivity contribution in [2.45, 2.75) is 19.5 Å². The van der Waals surface area contributed by atoms with Gasteiger partial charge in [-0.05, 0) is 43.2 Å². The zero-order valence-corrected chi connectivity index (χ0v) is 20.7. The molecule has 0 saturated heterocycles. The number of fused-ring (bicyclic) bond motifs is 1. The standard InChI is InChI=1S/C28H23N5O5/c1-15-30-22-14-19(38-28(36)37-2)8-9-20(22)26(34)33(15)25-27(35)32-11-10-17-12-18(29)13-21(24(17)32)23(31-25)16-6-4-3-5-7-16/h3-9,12-14,25H,10-11,29H2,1-2H3. The van der Waals surface area contributed by atoms with Gasteiger partial charge in [0.1, 0.15) is 11.6 Å². The quantitative estimate of drug-likeness (QED) is 0.255. The Morgan fingerprint density at radius 1 is 1.08 bits per heavy atom. The molecule has 3 aromatic carbocycles. The minimum absolute atomic E-state index is 0.181. The van der Waals surface area contributed by atoms with E-state index in [2.05, 4.69) is 9.72 Å². The molecule has 0 fully saturated rings. The fourth-order valence-electron chi connectivity index (χ4n) is 5.13. The van der Waals surface area contributed by atoms with Crippen molar-refractivity contribution in [1.82, 2.24) is 9.55 Å². The van der Waals surface area contributed by atoms with E-state index in [0.29, 0.717) is 29.9 Å². The van der Waals surface area contributed by atoms with E-state index in [4.69, 9.17) is 15.5 Å². The number of carbonyl (C=O) groups is 2. The number of hydrogen-bond donors (Lipinski definition) is 1. The molecular formula is C28H23N5O5. The van der Waals surface area contributed by atoms with E-state index in [9.17, 15) is 14.4 Å². The average Bonchev–Trinajstić information content (AvgIpc) is 3.29. The highest BCUT2D eigenvalue weighted by atomic mass is 16.7. The van der Waals surface area contributed by atoms with Crippen molar-refractivity contribution >= 4 is 40.1 Å². The zero-order chi connectivity index (χ0) is 26.6. The smallest absolute Gasteiger partial charge is 0.437 e. The summed E-state index contributed by atoms with van der Waals surface area (Å²) in [5.41, 5.74) is 10.6. The van der Waals surface area contributed by atoms with Gasteiger partial charge in [0.25, 0.3) is 11.5 Å². The Labute approximate surface area is 216 Å². The number of anilines is 2. The number of carbonyl (C=O) groups excluding carboxylic acids is 2. The number of amides is 1. The molecule has 0 spiro atoms. The first-order valence-electron chi connectivity index (χ1n) is 12.0. The van der Waals surface area contributed by atoms with Crippen molar-refractivity contribution in [3.8, 4) is 5.75 Å². The number of benzene rings is 3. The van der Waals surface area contributed by atoms with Crippen LogP contribution in [0.5, 0.6) is 5.75 Å². The highest BCUT2D eigenvalue weighted by Crippen LogP contribution is 2.39. The second-order valence-corrected chi connectivity index (χ2v) is 9.10. The summed E-state index contributed by atoms with van der Waals surface area (Å²) < 4.78 is 10.9. The van der Waals surface area contributed by atoms with Gasteiger partial charge >= 0.3 is 6.16 Å². The van der Waals surface area contributed by atoms with Crippen molar-refractivity contribution in [1.29, 1.82) is 0 Å². The van der Waals surface area contributed by atoms with E-state index in [1.165, 1.54) is 29.9 Å². The first-order chi connectivity index (χ1) is 18.4. The highest BCUT2D eigenvalue weighted by Gasteiger charge is 2.38. The Hall–Kier alpha value is -4.99. The minimum atomic E-state index is -1.18. The van der Waals surface area contributed by atoms with Crippen molar-refractivity contribution in [3.05, 3.63) is 93.5 Å². The Balaban J connectivity index is 1.57. The largest absolute Gasteiger partial charge is 0.513 e. The number of nitrogens with two attached hydrogens (primary N) is 1. The van der Waals surface area contributed by atoms with Gasteiger partial charge in [0.15, 0.2) is 0 Å². The summed E-state index contributed by atoms with van der Waals surface area (Å²) in [6.07, 6.45) is -1.41. The van der Waals surface area contributed by atoms with Crippen LogP contribution in [0.1, 0.15) is 28.7 Å². The lowest BCUT2D eigenvalue weighted by molar-refractivity contribution is -0.121. The maximum Gasteiger partial charge on any atom is 0.513 e. The number of nitrogen functional groups attached to an aromatic ring is 1.